The van der Waals surface area contributed by atoms with Gasteiger partial charge in [0.25, 0.3) is 0 Å². The van der Waals surface area contributed by atoms with Gasteiger partial charge >= 0.3 is 6.09 Å². The Morgan fingerprint density at radius 3 is 2.95 bits per heavy atom. The van der Waals surface area contributed by atoms with Crippen molar-refractivity contribution in [1.82, 2.24) is 10.2 Å². The van der Waals surface area contributed by atoms with Crippen LogP contribution < -0.4 is 5.32 Å². The molecule has 1 amide bonds. The molecule has 4 rings (SSSR count). The first-order chi connectivity index (χ1) is 9.33. The molecular formula is C15H20N2O2. The molecule has 4 nitrogen and oxygen atoms in total. The Labute approximate surface area is 113 Å². The molecule has 0 unspecified atom stereocenters. The van der Waals surface area contributed by atoms with Crippen molar-refractivity contribution < 1.29 is 9.53 Å². The van der Waals surface area contributed by atoms with Gasteiger partial charge in [0.15, 0.2) is 0 Å². The van der Waals surface area contributed by atoms with Crippen molar-refractivity contribution in [2.45, 2.75) is 25.5 Å². The maximum Gasteiger partial charge on any atom is 0.410 e. The van der Waals surface area contributed by atoms with Crippen molar-refractivity contribution in [2.75, 3.05) is 19.6 Å². The average molecular weight is 260 g/mol. The summed E-state index contributed by atoms with van der Waals surface area (Å²) < 4.78 is 5.43. The Hall–Kier alpha value is -1.55. The molecule has 1 aromatic rings. The summed E-state index contributed by atoms with van der Waals surface area (Å²) in [6, 6.07) is 10.1. The van der Waals surface area contributed by atoms with Crippen molar-refractivity contribution in [3.05, 3.63) is 35.9 Å². The highest BCUT2D eigenvalue weighted by Gasteiger charge is 2.34. The van der Waals surface area contributed by atoms with Crippen molar-refractivity contribution in [2.24, 2.45) is 5.92 Å². The Morgan fingerprint density at radius 2 is 2.11 bits per heavy atom. The number of hydrogen-bond donors (Lipinski definition) is 1. The molecule has 19 heavy (non-hydrogen) atoms. The zero-order valence-electron chi connectivity index (χ0n) is 11.0. The minimum atomic E-state index is -0.165. The van der Waals surface area contributed by atoms with E-state index in [-0.39, 0.29) is 6.09 Å². The second kappa shape index (κ2) is 5.61. The Kier molecular flexibility index (Phi) is 3.69. The molecule has 0 saturated carbocycles. The van der Waals surface area contributed by atoms with Gasteiger partial charge in [-0.2, -0.15) is 0 Å². The van der Waals surface area contributed by atoms with E-state index in [1.807, 2.05) is 35.2 Å². The maximum absolute atomic E-state index is 12.2. The lowest BCUT2D eigenvalue weighted by molar-refractivity contribution is 0.0642. The summed E-state index contributed by atoms with van der Waals surface area (Å²) >= 11 is 0. The highest BCUT2D eigenvalue weighted by Crippen LogP contribution is 2.25. The van der Waals surface area contributed by atoms with E-state index in [1.54, 1.807) is 0 Å². The summed E-state index contributed by atoms with van der Waals surface area (Å²) in [6.45, 7) is 3.13. The lowest BCUT2D eigenvalue weighted by Crippen LogP contribution is -2.47. The van der Waals surface area contributed by atoms with E-state index in [9.17, 15) is 4.79 Å². The van der Waals surface area contributed by atoms with E-state index in [0.29, 0.717) is 18.6 Å². The molecule has 0 aliphatic carbocycles. The first kappa shape index (κ1) is 12.5. The number of ether oxygens (including phenoxy) is 1. The summed E-state index contributed by atoms with van der Waals surface area (Å²) in [4.78, 5) is 14.1. The van der Waals surface area contributed by atoms with Crippen LogP contribution >= 0.6 is 0 Å². The molecule has 3 saturated heterocycles. The number of amides is 1. The van der Waals surface area contributed by atoms with Crippen molar-refractivity contribution in [3.63, 3.8) is 0 Å². The lowest BCUT2D eigenvalue weighted by atomic mass is 9.95. The minimum Gasteiger partial charge on any atom is -0.445 e. The normalized spacial score (nSPS) is 26.0. The Bertz CT molecular complexity index is 431. The first-order valence-corrected chi connectivity index (χ1v) is 7.01. The van der Waals surface area contributed by atoms with E-state index in [0.717, 1.165) is 31.6 Å². The van der Waals surface area contributed by atoms with Crippen LogP contribution in [0.15, 0.2) is 30.3 Å². The predicted octanol–water partition coefficient (Wildman–Crippen LogP) is 2.01. The summed E-state index contributed by atoms with van der Waals surface area (Å²) in [5.41, 5.74) is 1.04. The second-order valence-electron chi connectivity index (χ2n) is 5.45. The number of benzene rings is 1. The average Bonchev–Trinajstić information content (AvgIpc) is 2.81. The standard InChI is InChI=1S/C15H20N2O2/c18-15(19-11-12-4-2-1-3-5-12)17-10-13-6-7-14(17)9-16-8-13/h1-5,13-14,16H,6-11H2/t13-,14-/m0/s1. The van der Waals surface area contributed by atoms with Crippen LogP contribution in [0, 0.1) is 5.92 Å². The minimum absolute atomic E-state index is 0.165. The van der Waals surface area contributed by atoms with Crippen molar-refractivity contribution in [3.8, 4) is 0 Å². The number of carbonyl (C=O) groups is 1. The molecular weight excluding hydrogens is 240 g/mol. The molecule has 102 valence electrons. The molecule has 2 atom stereocenters. The third-order valence-corrected chi connectivity index (χ3v) is 4.06. The van der Waals surface area contributed by atoms with E-state index < -0.39 is 0 Å². The van der Waals surface area contributed by atoms with Gasteiger partial charge in [0.1, 0.15) is 6.61 Å². The fourth-order valence-electron chi connectivity index (χ4n) is 2.96. The SMILES string of the molecule is O=C(OCc1ccccc1)N1C[C@H]2CC[C@H]1CNC2. The van der Waals surface area contributed by atoms with Crippen LogP contribution in [0.4, 0.5) is 4.79 Å². The second-order valence-corrected chi connectivity index (χ2v) is 5.45. The van der Waals surface area contributed by atoms with Crippen LogP contribution in [0.2, 0.25) is 0 Å². The lowest BCUT2D eigenvalue weighted by Gasteiger charge is -2.35. The number of nitrogens with one attached hydrogen (secondary N) is 1. The maximum atomic E-state index is 12.2. The van der Waals surface area contributed by atoms with Gasteiger partial charge in [0.2, 0.25) is 0 Å². The molecule has 1 N–H and O–H groups in total. The van der Waals surface area contributed by atoms with Gasteiger partial charge in [0.05, 0.1) is 0 Å². The highest BCUT2D eigenvalue weighted by molar-refractivity contribution is 5.68. The monoisotopic (exact) mass is 260 g/mol. The van der Waals surface area contributed by atoms with Gasteiger partial charge in [-0.3, -0.25) is 0 Å². The van der Waals surface area contributed by atoms with Crippen molar-refractivity contribution >= 4 is 6.09 Å². The van der Waals surface area contributed by atoms with Gasteiger partial charge in [-0.25, -0.2) is 4.79 Å². The molecule has 3 aliphatic rings. The summed E-state index contributed by atoms with van der Waals surface area (Å²) in [5, 5.41) is 3.42. The fourth-order valence-corrected chi connectivity index (χ4v) is 2.96. The third kappa shape index (κ3) is 2.89. The largest absolute Gasteiger partial charge is 0.445 e. The number of rotatable bonds is 2. The number of piperidine rings is 1. The molecule has 0 aromatic heterocycles. The smallest absolute Gasteiger partial charge is 0.410 e. The summed E-state index contributed by atoms with van der Waals surface area (Å²) in [5.74, 6) is 0.586. The highest BCUT2D eigenvalue weighted by atomic mass is 16.6. The van der Waals surface area contributed by atoms with Gasteiger partial charge in [-0.15, -0.1) is 0 Å². The summed E-state index contributed by atoms with van der Waals surface area (Å²) in [6.07, 6.45) is 2.15. The van der Waals surface area contributed by atoms with Crippen LogP contribution in [0.25, 0.3) is 0 Å². The van der Waals surface area contributed by atoms with Gasteiger partial charge in [-0.1, -0.05) is 30.3 Å². The van der Waals surface area contributed by atoms with Crippen LogP contribution in [-0.2, 0) is 11.3 Å². The molecule has 3 fully saturated rings. The van der Waals surface area contributed by atoms with Gasteiger partial charge in [0, 0.05) is 19.1 Å². The summed E-state index contributed by atoms with van der Waals surface area (Å²) in [7, 11) is 0. The van der Waals surface area contributed by atoms with E-state index >= 15 is 0 Å². The molecule has 4 heteroatoms. The topological polar surface area (TPSA) is 41.6 Å². The first-order valence-electron chi connectivity index (χ1n) is 7.01. The number of fused-ring (bicyclic) bond motifs is 4. The van der Waals surface area contributed by atoms with Crippen LogP contribution in [0.1, 0.15) is 18.4 Å². The number of hydrogen-bond acceptors (Lipinski definition) is 3. The van der Waals surface area contributed by atoms with Gasteiger partial charge < -0.3 is 15.0 Å². The third-order valence-electron chi connectivity index (χ3n) is 4.06. The zero-order valence-corrected chi connectivity index (χ0v) is 11.0. The van der Waals surface area contributed by atoms with Crippen LogP contribution in [0.5, 0.6) is 0 Å². The molecule has 2 bridgehead atoms. The molecule has 0 spiro atoms. The van der Waals surface area contributed by atoms with E-state index in [1.165, 1.54) is 6.42 Å². The fraction of sp³-hybridized carbons (Fsp3) is 0.533. The van der Waals surface area contributed by atoms with Crippen LogP contribution in [0.3, 0.4) is 0 Å². The Morgan fingerprint density at radius 1 is 1.26 bits per heavy atom. The molecule has 0 radical (unpaired) electrons. The number of nitrogens with zero attached hydrogens (tertiary/aromatic N) is 1. The van der Waals surface area contributed by atoms with E-state index in [4.69, 9.17) is 4.74 Å². The zero-order chi connectivity index (χ0) is 13.1. The number of carbonyl (C=O) groups excluding carboxylic acids is 1. The van der Waals surface area contributed by atoms with Crippen molar-refractivity contribution in [1.29, 1.82) is 0 Å². The molecule has 3 heterocycles. The van der Waals surface area contributed by atoms with Crippen LogP contribution in [-0.4, -0.2) is 36.7 Å². The quantitative estimate of drug-likeness (QED) is 0.884. The van der Waals surface area contributed by atoms with E-state index in [2.05, 4.69) is 5.32 Å². The molecule has 3 aliphatic heterocycles. The molecule has 1 aromatic carbocycles. The predicted molar refractivity (Wildman–Crippen MR) is 72.7 cm³/mol. The van der Waals surface area contributed by atoms with Gasteiger partial charge in [-0.05, 0) is 30.9 Å². The Balaban J connectivity index is 1.58.